The van der Waals surface area contributed by atoms with Crippen LogP contribution in [0.15, 0.2) is 78.9 Å². The number of benzene rings is 3. The average molecular weight is 431 g/mol. The van der Waals surface area contributed by atoms with Crippen LogP contribution in [-0.2, 0) is 12.2 Å². The van der Waals surface area contributed by atoms with Crippen LogP contribution in [0.1, 0.15) is 42.5 Å². The van der Waals surface area contributed by atoms with Crippen LogP contribution in [0.3, 0.4) is 0 Å². The first-order chi connectivity index (χ1) is 15.2. The van der Waals surface area contributed by atoms with Crippen molar-refractivity contribution in [2.45, 2.75) is 44.3 Å². The molecule has 1 aromatic heterocycles. The van der Waals surface area contributed by atoms with E-state index in [1.54, 1.807) is 11.3 Å². The molecule has 0 spiro atoms. The van der Waals surface area contributed by atoms with Crippen molar-refractivity contribution in [2.24, 2.45) is 0 Å². The highest BCUT2D eigenvalue weighted by atomic mass is 32.1. The number of thiophene rings is 1. The van der Waals surface area contributed by atoms with Gasteiger partial charge < -0.3 is 14.6 Å². The van der Waals surface area contributed by atoms with Gasteiger partial charge in [-0.05, 0) is 54.8 Å². The van der Waals surface area contributed by atoms with Gasteiger partial charge in [0.1, 0.15) is 23.7 Å². The molecule has 4 heteroatoms. The topological polar surface area (TPSA) is 38.7 Å². The predicted octanol–water partition coefficient (Wildman–Crippen LogP) is 7.42. The van der Waals surface area contributed by atoms with Crippen LogP contribution >= 0.6 is 11.3 Å². The molecule has 1 N–H and O–H groups in total. The van der Waals surface area contributed by atoms with Crippen LogP contribution in [0.5, 0.6) is 17.2 Å². The van der Waals surface area contributed by atoms with E-state index in [1.807, 2.05) is 54.6 Å². The Morgan fingerprint density at radius 3 is 2.23 bits per heavy atom. The second-order valence-electron chi connectivity index (χ2n) is 8.20. The first-order valence-corrected chi connectivity index (χ1v) is 11.7. The predicted molar refractivity (Wildman–Crippen MR) is 126 cm³/mol. The lowest BCUT2D eigenvalue weighted by Crippen LogP contribution is -2.27. The third kappa shape index (κ3) is 4.32. The smallest absolute Gasteiger partial charge is 0.152 e. The number of fused-ring (bicyclic) bond motifs is 1. The Kier molecular flexibility index (Phi) is 5.66. The maximum Gasteiger partial charge on any atom is 0.152 e. The van der Waals surface area contributed by atoms with Gasteiger partial charge >= 0.3 is 0 Å². The summed E-state index contributed by atoms with van der Waals surface area (Å²) >= 11 is 1.66. The van der Waals surface area contributed by atoms with Crippen molar-refractivity contribution >= 4 is 21.4 Å². The molecule has 0 unspecified atom stereocenters. The molecule has 5 rings (SSSR count). The Bertz CT molecular complexity index is 1140. The number of hydrogen-bond donors (Lipinski definition) is 1. The molecule has 3 aromatic carbocycles. The standard InChI is InChI=1S/C27H26O3S/c28-27(17-7-2-8-18-27)26-25(23-11-5-6-12-24(23)31-26)30-22-15-13-21(14-16-22)29-19-20-9-3-1-4-10-20/h1,3-6,9-16,28H,2,7-8,17-19H2. The summed E-state index contributed by atoms with van der Waals surface area (Å²) in [6.07, 6.45) is 4.88. The second-order valence-corrected chi connectivity index (χ2v) is 9.25. The Labute approximate surface area is 186 Å². The summed E-state index contributed by atoms with van der Waals surface area (Å²) in [5.41, 5.74) is 0.341. The van der Waals surface area contributed by atoms with Crippen LogP contribution in [0.4, 0.5) is 0 Å². The van der Waals surface area contributed by atoms with Gasteiger partial charge in [0.2, 0.25) is 0 Å². The molecule has 1 aliphatic rings. The van der Waals surface area contributed by atoms with E-state index >= 15 is 0 Å². The molecule has 0 aliphatic heterocycles. The fourth-order valence-electron chi connectivity index (χ4n) is 4.26. The van der Waals surface area contributed by atoms with Crippen molar-refractivity contribution in [1.29, 1.82) is 0 Å². The molecule has 158 valence electrons. The first kappa shape index (κ1) is 20.1. The minimum absolute atomic E-state index is 0.535. The van der Waals surface area contributed by atoms with Gasteiger partial charge in [-0.25, -0.2) is 0 Å². The van der Waals surface area contributed by atoms with E-state index in [9.17, 15) is 5.11 Å². The van der Waals surface area contributed by atoms with E-state index < -0.39 is 5.60 Å². The highest BCUT2D eigenvalue weighted by molar-refractivity contribution is 7.19. The maximum absolute atomic E-state index is 11.4. The van der Waals surface area contributed by atoms with Crippen molar-refractivity contribution in [1.82, 2.24) is 0 Å². The van der Waals surface area contributed by atoms with Crippen molar-refractivity contribution < 1.29 is 14.6 Å². The summed E-state index contributed by atoms with van der Waals surface area (Å²) < 4.78 is 13.4. The zero-order valence-corrected chi connectivity index (χ0v) is 18.2. The van der Waals surface area contributed by atoms with Gasteiger partial charge in [0.25, 0.3) is 0 Å². The fraction of sp³-hybridized carbons (Fsp3) is 0.259. The van der Waals surface area contributed by atoms with E-state index in [0.29, 0.717) is 6.61 Å². The SMILES string of the molecule is OC1(c2sc3ccccc3c2Oc2ccc(OCc3ccccc3)cc2)CCCCC1. The molecular weight excluding hydrogens is 404 g/mol. The Balaban J connectivity index is 1.39. The van der Waals surface area contributed by atoms with E-state index in [0.717, 1.165) is 63.5 Å². The summed E-state index contributed by atoms with van der Waals surface area (Å²) in [6, 6.07) is 26.1. The summed E-state index contributed by atoms with van der Waals surface area (Å²) in [5.74, 6) is 2.34. The summed E-state index contributed by atoms with van der Waals surface area (Å²) in [4.78, 5) is 0.956. The molecule has 0 radical (unpaired) electrons. The van der Waals surface area contributed by atoms with Gasteiger partial charge in [0, 0.05) is 10.1 Å². The lowest BCUT2D eigenvalue weighted by molar-refractivity contribution is 0.00147. The van der Waals surface area contributed by atoms with Crippen LogP contribution in [0.2, 0.25) is 0 Å². The van der Waals surface area contributed by atoms with E-state index in [-0.39, 0.29) is 0 Å². The van der Waals surface area contributed by atoms with Gasteiger partial charge in [-0.1, -0.05) is 61.7 Å². The molecule has 31 heavy (non-hydrogen) atoms. The number of ether oxygens (including phenoxy) is 2. The summed E-state index contributed by atoms with van der Waals surface area (Å²) in [5, 5.41) is 12.5. The Hall–Kier alpha value is -2.82. The van der Waals surface area contributed by atoms with E-state index in [4.69, 9.17) is 9.47 Å². The van der Waals surface area contributed by atoms with Crippen LogP contribution < -0.4 is 9.47 Å². The molecule has 4 aromatic rings. The quantitative estimate of drug-likeness (QED) is 0.346. The van der Waals surface area contributed by atoms with E-state index in [1.165, 1.54) is 6.42 Å². The molecule has 3 nitrogen and oxygen atoms in total. The number of aliphatic hydroxyl groups is 1. The molecular formula is C27H26O3S. The number of rotatable bonds is 6. The van der Waals surface area contributed by atoms with Gasteiger partial charge in [0.05, 0.1) is 4.88 Å². The molecule has 1 aliphatic carbocycles. The highest BCUT2D eigenvalue weighted by Crippen LogP contribution is 2.50. The normalized spacial score (nSPS) is 15.6. The monoisotopic (exact) mass is 430 g/mol. The molecule has 1 fully saturated rings. The third-order valence-electron chi connectivity index (χ3n) is 5.95. The highest BCUT2D eigenvalue weighted by Gasteiger charge is 2.36. The molecule has 0 amide bonds. The molecule has 1 saturated carbocycles. The van der Waals surface area contributed by atoms with Gasteiger partial charge in [-0.15, -0.1) is 11.3 Å². The third-order valence-corrected chi connectivity index (χ3v) is 7.29. The largest absolute Gasteiger partial charge is 0.489 e. The van der Waals surface area contributed by atoms with Crippen molar-refractivity contribution in [3.8, 4) is 17.2 Å². The van der Waals surface area contributed by atoms with Gasteiger partial charge in [-0.3, -0.25) is 0 Å². The average Bonchev–Trinajstić information content (AvgIpc) is 3.19. The zero-order chi connectivity index (χ0) is 21.1. The maximum atomic E-state index is 11.4. The first-order valence-electron chi connectivity index (χ1n) is 10.9. The van der Waals surface area contributed by atoms with Crippen LogP contribution in [0.25, 0.3) is 10.1 Å². The van der Waals surface area contributed by atoms with Gasteiger partial charge in [0.15, 0.2) is 5.75 Å². The molecule has 1 heterocycles. The Morgan fingerprint density at radius 1 is 0.774 bits per heavy atom. The molecule has 0 atom stereocenters. The second kappa shape index (κ2) is 8.74. The van der Waals surface area contributed by atoms with Crippen molar-refractivity contribution in [2.75, 3.05) is 0 Å². The minimum Gasteiger partial charge on any atom is -0.489 e. The van der Waals surface area contributed by atoms with Crippen molar-refractivity contribution in [3.05, 3.63) is 89.3 Å². The van der Waals surface area contributed by atoms with Crippen molar-refractivity contribution in [3.63, 3.8) is 0 Å². The fourth-order valence-corrected chi connectivity index (χ4v) is 5.53. The van der Waals surface area contributed by atoms with Gasteiger partial charge in [-0.2, -0.15) is 0 Å². The minimum atomic E-state index is -0.796. The van der Waals surface area contributed by atoms with Crippen LogP contribution in [-0.4, -0.2) is 5.11 Å². The lowest BCUT2D eigenvalue weighted by atomic mass is 9.83. The molecule has 0 saturated heterocycles. The lowest BCUT2D eigenvalue weighted by Gasteiger charge is -2.31. The van der Waals surface area contributed by atoms with E-state index in [2.05, 4.69) is 24.3 Å². The Morgan fingerprint density at radius 2 is 1.45 bits per heavy atom. The van der Waals surface area contributed by atoms with Crippen LogP contribution in [0, 0.1) is 0 Å². The summed E-state index contributed by atoms with van der Waals surface area (Å²) in [7, 11) is 0. The zero-order valence-electron chi connectivity index (χ0n) is 17.4. The summed E-state index contributed by atoms with van der Waals surface area (Å²) in [6.45, 7) is 0.535. The molecule has 0 bridgehead atoms. The number of hydrogen-bond acceptors (Lipinski definition) is 4.